The molecule has 0 bridgehead atoms. The molecule has 0 aliphatic carbocycles. The van der Waals surface area contributed by atoms with E-state index in [1.165, 1.54) is 6.92 Å². The maximum absolute atomic E-state index is 13.1. The van der Waals surface area contributed by atoms with Crippen LogP contribution in [-0.2, 0) is 11.2 Å². The van der Waals surface area contributed by atoms with Gasteiger partial charge in [0.25, 0.3) is 0 Å². The molecule has 132 valence electrons. The van der Waals surface area contributed by atoms with E-state index < -0.39 is 23.7 Å². The summed E-state index contributed by atoms with van der Waals surface area (Å²) in [4.78, 5) is 12.0. The Hall–Kier alpha value is -1.27. The second-order valence-corrected chi connectivity index (χ2v) is 5.76. The molecule has 0 aliphatic rings. The Morgan fingerprint density at radius 3 is 2.30 bits per heavy atom. The number of rotatable bonds is 7. The Kier molecular flexibility index (Phi) is 8.63. The van der Waals surface area contributed by atoms with E-state index in [0.717, 1.165) is 5.56 Å². The molecule has 0 aliphatic heterocycles. The first-order valence-electron chi connectivity index (χ1n) is 7.37. The number of hydrogen-bond donors (Lipinski definition) is 2. The molecule has 1 rings (SSSR count). The number of amides is 1. The fourth-order valence-corrected chi connectivity index (χ4v) is 2.23. The van der Waals surface area contributed by atoms with Crippen molar-refractivity contribution in [2.24, 2.45) is 5.73 Å². The Bertz CT molecular complexity index is 478. The summed E-state index contributed by atoms with van der Waals surface area (Å²) >= 11 is 0. The van der Waals surface area contributed by atoms with Crippen LogP contribution in [0.1, 0.15) is 38.7 Å². The summed E-state index contributed by atoms with van der Waals surface area (Å²) in [5.41, 5.74) is 5.30. The molecule has 0 radical (unpaired) electrons. The van der Waals surface area contributed by atoms with Crippen molar-refractivity contribution in [1.82, 2.24) is 5.32 Å². The van der Waals surface area contributed by atoms with Gasteiger partial charge in [0.1, 0.15) is 6.04 Å². The summed E-state index contributed by atoms with van der Waals surface area (Å²) in [5.74, 6) is -0.760. The van der Waals surface area contributed by atoms with Crippen molar-refractivity contribution in [1.29, 1.82) is 0 Å². The van der Waals surface area contributed by atoms with Crippen molar-refractivity contribution in [3.63, 3.8) is 0 Å². The van der Waals surface area contributed by atoms with Crippen molar-refractivity contribution in [3.05, 3.63) is 35.9 Å². The smallest absolute Gasteiger partial charge is 0.343 e. The van der Waals surface area contributed by atoms with Gasteiger partial charge in [-0.3, -0.25) is 4.79 Å². The van der Waals surface area contributed by atoms with E-state index in [0.29, 0.717) is 12.8 Å². The number of nitrogens with two attached hydrogens (primary N) is 1. The molecule has 1 aromatic rings. The van der Waals surface area contributed by atoms with E-state index in [1.54, 1.807) is 30.3 Å². The zero-order valence-electron chi connectivity index (χ0n) is 13.3. The second-order valence-electron chi connectivity index (χ2n) is 5.76. The van der Waals surface area contributed by atoms with Crippen LogP contribution in [0.25, 0.3) is 0 Å². The minimum absolute atomic E-state index is 0. The zero-order chi connectivity index (χ0) is 16.8. The van der Waals surface area contributed by atoms with Gasteiger partial charge in [-0.05, 0) is 31.7 Å². The largest absolute Gasteiger partial charge is 0.408 e. The fraction of sp³-hybridized carbons (Fsp3) is 0.562. The predicted molar refractivity (Wildman–Crippen MR) is 87.5 cm³/mol. The Labute approximate surface area is 141 Å². The first kappa shape index (κ1) is 21.7. The van der Waals surface area contributed by atoms with Crippen LogP contribution in [0, 0.1) is 0 Å². The average molecular weight is 353 g/mol. The molecule has 7 heteroatoms. The van der Waals surface area contributed by atoms with Gasteiger partial charge in [0, 0.05) is 0 Å². The first-order chi connectivity index (χ1) is 10.2. The summed E-state index contributed by atoms with van der Waals surface area (Å²) < 4.78 is 39.3. The monoisotopic (exact) mass is 352 g/mol. The molecule has 0 saturated carbocycles. The molecule has 1 aromatic carbocycles. The van der Waals surface area contributed by atoms with Crippen LogP contribution < -0.4 is 11.1 Å². The highest BCUT2D eigenvalue weighted by atomic mass is 35.5. The molecule has 2 unspecified atom stereocenters. The fourth-order valence-electron chi connectivity index (χ4n) is 2.23. The van der Waals surface area contributed by atoms with Crippen molar-refractivity contribution in [2.45, 2.75) is 57.3 Å². The molecule has 0 aromatic heterocycles. The van der Waals surface area contributed by atoms with Gasteiger partial charge in [-0.2, -0.15) is 13.2 Å². The number of benzene rings is 1. The van der Waals surface area contributed by atoms with E-state index in [4.69, 9.17) is 5.73 Å². The first-order valence-corrected chi connectivity index (χ1v) is 7.37. The molecule has 0 fully saturated rings. The normalized spacial score (nSPS) is 15.2. The van der Waals surface area contributed by atoms with Gasteiger partial charge in [-0.25, -0.2) is 0 Å². The highest BCUT2D eigenvalue weighted by Gasteiger charge is 2.42. The van der Waals surface area contributed by atoms with Crippen LogP contribution in [0.15, 0.2) is 30.3 Å². The van der Waals surface area contributed by atoms with Gasteiger partial charge in [0.15, 0.2) is 0 Å². The molecule has 0 saturated heterocycles. The minimum atomic E-state index is -4.49. The van der Waals surface area contributed by atoms with Crippen LogP contribution in [-0.4, -0.2) is 23.7 Å². The molecule has 1 amide bonds. The molecule has 0 spiro atoms. The minimum Gasteiger partial charge on any atom is -0.343 e. The summed E-state index contributed by atoms with van der Waals surface area (Å²) in [6.45, 7) is 3.28. The standard InChI is InChI=1S/C16H23F3N2O.ClH/c1-3-11-15(2,20)14(22)21-13(16(17,18)19)10-9-12-7-5-4-6-8-12;/h4-8,13H,3,9-11,20H2,1-2H3,(H,21,22);1H. The SMILES string of the molecule is CCCC(C)(N)C(=O)NC(CCc1ccccc1)C(F)(F)F.Cl. The summed E-state index contributed by atoms with van der Waals surface area (Å²) in [6, 6.07) is 6.99. The molecule has 3 N–H and O–H groups in total. The van der Waals surface area contributed by atoms with E-state index >= 15 is 0 Å². The number of alkyl halides is 3. The highest BCUT2D eigenvalue weighted by molar-refractivity contribution is 5.86. The summed E-state index contributed by atoms with van der Waals surface area (Å²) in [5, 5.41) is 2.06. The number of nitrogens with one attached hydrogen (secondary N) is 1. The number of carbonyl (C=O) groups excluding carboxylic acids is 1. The molecule has 0 heterocycles. The average Bonchev–Trinajstić information content (AvgIpc) is 2.42. The number of carbonyl (C=O) groups is 1. The lowest BCUT2D eigenvalue weighted by Gasteiger charge is -2.28. The third-order valence-corrected chi connectivity index (χ3v) is 3.55. The third kappa shape index (κ3) is 7.22. The van der Waals surface area contributed by atoms with Crippen molar-refractivity contribution in [2.75, 3.05) is 0 Å². The van der Waals surface area contributed by atoms with Gasteiger partial charge in [0.05, 0.1) is 5.54 Å². The summed E-state index contributed by atoms with van der Waals surface area (Å²) in [7, 11) is 0. The molecular weight excluding hydrogens is 329 g/mol. The lowest BCUT2D eigenvalue weighted by molar-refractivity contribution is -0.164. The van der Waals surface area contributed by atoms with Gasteiger partial charge < -0.3 is 11.1 Å². The third-order valence-electron chi connectivity index (χ3n) is 3.55. The zero-order valence-corrected chi connectivity index (χ0v) is 14.1. The van der Waals surface area contributed by atoms with Gasteiger partial charge in [0.2, 0.25) is 5.91 Å². The van der Waals surface area contributed by atoms with Crippen molar-refractivity contribution < 1.29 is 18.0 Å². The van der Waals surface area contributed by atoms with Crippen molar-refractivity contribution in [3.8, 4) is 0 Å². The maximum atomic E-state index is 13.1. The topological polar surface area (TPSA) is 55.1 Å². The lowest BCUT2D eigenvalue weighted by atomic mass is 9.95. The molecule has 23 heavy (non-hydrogen) atoms. The van der Waals surface area contributed by atoms with Crippen LogP contribution in [0.3, 0.4) is 0 Å². The lowest BCUT2D eigenvalue weighted by Crippen LogP contribution is -2.57. The summed E-state index contributed by atoms with van der Waals surface area (Å²) in [6.07, 6.45) is -3.50. The van der Waals surface area contributed by atoms with Gasteiger partial charge in [-0.15, -0.1) is 12.4 Å². The molecular formula is C16H24ClF3N2O. The Morgan fingerprint density at radius 2 is 1.83 bits per heavy atom. The van der Waals surface area contributed by atoms with Crippen LogP contribution in [0.4, 0.5) is 13.2 Å². The van der Waals surface area contributed by atoms with Gasteiger partial charge >= 0.3 is 6.18 Å². The molecule has 3 nitrogen and oxygen atoms in total. The van der Waals surface area contributed by atoms with Crippen LogP contribution in [0.5, 0.6) is 0 Å². The Balaban J connectivity index is 0.00000484. The predicted octanol–water partition coefficient (Wildman–Crippen LogP) is 3.61. The second kappa shape index (κ2) is 9.13. The number of aryl methyl sites for hydroxylation is 1. The maximum Gasteiger partial charge on any atom is 0.408 e. The molecule has 2 atom stereocenters. The number of halogens is 4. The van der Waals surface area contributed by atoms with Gasteiger partial charge in [-0.1, -0.05) is 43.7 Å². The van der Waals surface area contributed by atoms with Crippen molar-refractivity contribution >= 4 is 18.3 Å². The van der Waals surface area contributed by atoms with E-state index in [9.17, 15) is 18.0 Å². The number of hydrogen-bond acceptors (Lipinski definition) is 2. The van der Waals surface area contributed by atoms with E-state index in [-0.39, 0.29) is 25.2 Å². The van der Waals surface area contributed by atoms with E-state index in [2.05, 4.69) is 5.32 Å². The van der Waals surface area contributed by atoms with E-state index in [1.807, 2.05) is 6.92 Å². The quantitative estimate of drug-likeness (QED) is 0.787. The van der Waals surface area contributed by atoms with Crippen LogP contribution >= 0.6 is 12.4 Å². The Morgan fingerprint density at radius 1 is 1.26 bits per heavy atom. The highest BCUT2D eigenvalue weighted by Crippen LogP contribution is 2.24. The van der Waals surface area contributed by atoms with Crippen LogP contribution in [0.2, 0.25) is 0 Å².